The van der Waals surface area contributed by atoms with Gasteiger partial charge >= 0.3 is 5.97 Å². The molecule has 5 heteroatoms. The Labute approximate surface area is 127 Å². The molecule has 110 valence electrons. The highest BCUT2D eigenvalue weighted by Crippen LogP contribution is 2.69. The second-order valence-corrected chi connectivity index (χ2v) is 6.91. The van der Waals surface area contributed by atoms with Gasteiger partial charge in [-0.05, 0) is 61.1 Å². The molecule has 3 aliphatic carbocycles. The van der Waals surface area contributed by atoms with Crippen LogP contribution in [0.5, 0.6) is 0 Å². The van der Waals surface area contributed by atoms with Crippen LogP contribution >= 0.6 is 11.6 Å². The monoisotopic (exact) mass is 305 g/mol. The lowest BCUT2D eigenvalue weighted by Crippen LogP contribution is -2.18. The van der Waals surface area contributed by atoms with Gasteiger partial charge in [-0.25, -0.2) is 4.79 Å². The number of benzene rings is 1. The Balaban J connectivity index is 1.47. The van der Waals surface area contributed by atoms with Gasteiger partial charge in [0.1, 0.15) is 0 Å². The van der Waals surface area contributed by atoms with Crippen molar-refractivity contribution in [3.63, 3.8) is 0 Å². The molecule has 4 rings (SSSR count). The first-order valence-corrected chi connectivity index (χ1v) is 7.78. The van der Waals surface area contributed by atoms with Crippen molar-refractivity contribution in [2.24, 2.45) is 29.6 Å². The minimum absolute atomic E-state index is 0.0478. The number of carbonyl (C=O) groups excluding carboxylic acids is 1. The standard InChI is InChI=1S/C16H16ClNO3/c17-10-6-9(16(20)21)3-4-11(10)18-15(19)14-12-7-1-2-8(5-7)13(12)14/h3-4,6-8,12-14H,1-2,5H2,(H,18,19)(H,20,21). The molecule has 2 N–H and O–H groups in total. The van der Waals surface area contributed by atoms with E-state index in [0.717, 1.165) is 11.8 Å². The molecule has 1 aromatic carbocycles. The molecule has 4 atom stereocenters. The van der Waals surface area contributed by atoms with E-state index in [4.69, 9.17) is 16.7 Å². The van der Waals surface area contributed by atoms with Crippen molar-refractivity contribution >= 4 is 29.2 Å². The number of aromatic carboxylic acids is 1. The minimum Gasteiger partial charge on any atom is -0.478 e. The summed E-state index contributed by atoms with van der Waals surface area (Å²) in [5.41, 5.74) is 0.628. The smallest absolute Gasteiger partial charge is 0.335 e. The second-order valence-electron chi connectivity index (χ2n) is 6.50. The number of hydrogen-bond donors (Lipinski definition) is 2. The lowest BCUT2D eigenvalue weighted by atomic mass is 10.0. The van der Waals surface area contributed by atoms with Crippen LogP contribution in [0.4, 0.5) is 5.69 Å². The van der Waals surface area contributed by atoms with Gasteiger partial charge in [0.15, 0.2) is 0 Å². The molecule has 21 heavy (non-hydrogen) atoms. The predicted octanol–water partition coefficient (Wildman–Crippen LogP) is 3.27. The topological polar surface area (TPSA) is 66.4 Å². The predicted molar refractivity (Wildman–Crippen MR) is 78.3 cm³/mol. The summed E-state index contributed by atoms with van der Waals surface area (Å²) in [7, 11) is 0. The Kier molecular flexibility index (Phi) is 2.80. The summed E-state index contributed by atoms with van der Waals surface area (Å²) in [6.07, 6.45) is 3.88. The molecular formula is C16H16ClNO3. The van der Waals surface area contributed by atoms with Crippen molar-refractivity contribution < 1.29 is 14.7 Å². The van der Waals surface area contributed by atoms with Gasteiger partial charge < -0.3 is 10.4 Å². The molecule has 0 spiro atoms. The maximum atomic E-state index is 12.4. The van der Waals surface area contributed by atoms with Gasteiger partial charge in [-0.3, -0.25) is 4.79 Å². The van der Waals surface area contributed by atoms with Crippen LogP contribution < -0.4 is 5.32 Å². The van der Waals surface area contributed by atoms with Crippen LogP contribution in [-0.2, 0) is 4.79 Å². The SMILES string of the molecule is O=C(O)c1ccc(NC(=O)C2C3C4CCC(C4)C23)c(Cl)c1. The van der Waals surface area contributed by atoms with Gasteiger partial charge in [0.05, 0.1) is 16.3 Å². The highest BCUT2D eigenvalue weighted by Gasteiger charge is 2.67. The first-order chi connectivity index (χ1) is 10.1. The molecule has 1 amide bonds. The number of nitrogens with one attached hydrogen (secondary N) is 1. The summed E-state index contributed by atoms with van der Waals surface area (Å²) in [4.78, 5) is 23.3. The zero-order valence-electron chi connectivity index (χ0n) is 11.4. The van der Waals surface area contributed by atoms with Crippen LogP contribution in [-0.4, -0.2) is 17.0 Å². The number of carboxylic acid groups (broad SMARTS) is 1. The van der Waals surface area contributed by atoms with Gasteiger partial charge in [-0.15, -0.1) is 0 Å². The largest absolute Gasteiger partial charge is 0.478 e. The number of hydrogen-bond acceptors (Lipinski definition) is 2. The average Bonchev–Trinajstić information content (AvgIpc) is 2.89. The van der Waals surface area contributed by atoms with E-state index in [9.17, 15) is 9.59 Å². The Morgan fingerprint density at radius 2 is 1.86 bits per heavy atom. The zero-order valence-corrected chi connectivity index (χ0v) is 12.1. The summed E-state index contributed by atoms with van der Waals surface area (Å²) in [5, 5.41) is 12.1. The second kappa shape index (κ2) is 4.47. The molecular weight excluding hydrogens is 290 g/mol. The van der Waals surface area contributed by atoms with Crippen LogP contribution in [0, 0.1) is 29.6 Å². The Hall–Kier alpha value is -1.55. The van der Waals surface area contributed by atoms with E-state index in [-0.39, 0.29) is 22.4 Å². The van der Waals surface area contributed by atoms with Gasteiger partial charge in [-0.1, -0.05) is 11.6 Å². The fraction of sp³-hybridized carbons (Fsp3) is 0.500. The molecule has 1 aromatic rings. The highest BCUT2D eigenvalue weighted by molar-refractivity contribution is 6.34. The van der Waals surface area contributed by atoms with E-state index >= 15 is 0 Å². The van der Waals surface area contributed by atoms with Crippen molar-refractivity contribution in [3.8, 4) is 0 Å². The third-order valence-electron chi connectivity index (χ3n) is 5.51. The fourth-order valence-electron chi connectivity index (χ4n) is 4.64. The van der Waals surface area contributed by atoms with Gasteiger partial charge in [0.2, 0.25) is 5.91 Å². The molecule has 3 saturated carbocycles. The van der Waals surface area contributed by atoms with Crippen LogP contribution in [0.1, 0.15) is 29.6 Å². The zero-order chi connectivity index (χ0) is 14.7. The number of carboxylic acids is 1. The minimum atomic E-state index is -1.02. The van der Waals surface area contributed by atoms with Crippen LogP contribution in [0.2, 0.25) is 5.02 Å². The normalized spacial score (nSPS) is 35.4. The van der Waals surface area contributed by atoms with Crippen molar-refractivity contribution in [2.75, 3.05) is 5.32 Å². The van der Waals surface area contributed by atoms with E-state index in [0.29, 0.717) is 17.5 Å². The van der Waals surface area contributed by atoms with Gasteiger partial charge in [0, 0.05) is 5.92 Å². The lowest BCUT2D eigenvalue weighted by molar-refractivity contribution is -0.118. The van der Waals surface area contributed by atoms with Crippen molar-refractivity contribution in [2.45, 2.75) is 19.3 Å². The quantitative estimate of drug-likeness (QED) is 0.900. The highest BCUT2D eigenvalue weighted by atomic mass is 35.5. The number of rotatable bonds is 3. The molecule has 0 radical (unpaired) electrons. The van der Waals surface area contributed by atoms with E-state index in [1.54, 1.807) is 6.07 Å². The number of amides is 1. The number of halogens is 1. The first-order valence-electron chi connectivity index (χ1n) is 7.40. The van der Waals surface area contributed by atoms with E-state index in [2.05, 4.69) is 5.32 Å². The number of carbonyl (C=O) groups is 2. The molecule has 0 heterocycles. The summed E-state index contributed by atoms with van der Waals surface area (Å²) in [6.45, 7) is 0. The summed E-state index contributed by atoms with van der Waals surface area (Å²) in [5.74, 6) is 1.84. The van der Waals surface area contributed by atoms with Crippen LogP contribution in [0.15, 0.2) is 18.2 Å². The van der Waals surface area contributed by atoms with Crippen LogP contribution in [0.25, 0.3) is 0 Å². The number of fused-ring (bicyclic) bond motifs is 5. The van der Waals surface area contributed by atoms with E-state index in [1.165, 1.54) is 31.4 Å². The molecule has 3 fully saturated rings. The molecule has 4 nitrogen and oxygen atoms in total. The summed E-state index contributed by atoms with van der Waals surface area (Å²) in [6, 6.07) is 4.40. The Bertz CT molecular complexity index is 628. The average molecular weight is 306 g/mol. The summed E-state index contributed by atoms with van der Waals surface area (Å²) >= 11 is 6.05. The van der Waals surface area contributed by atoms with Crippen molar-refractivity contribution in [1.82, 2.24) is 0 Å². The summed E-state index contributed by atoms with van der Waals surface area (Å²) < 4.78 is 0. The molecule has 0 aromatic heterocycles. The fourth-order valence-corrected chi connectivity index (χ4v) is 4.87. The Morgan fingerprint density at radius 3 is 2.43 bits per heavy atom. The first kappa shape index (κ1) is 13.1. The molecule has 2 bridgehead atoms. The lowest BCUT2D eigenvalue weighted by Gasteiger charge is -2.11. The van der Waals surface area contributed by atoms with Crippen molar-refractivity contribution in [1.29, 1.82) is 0 Å². The Morgan fingerprint density at radius 1 is 1.19 bits per heavy atom. The van der Waals surface area contributed by atoms with E-state index in [1.807, 2.05) is 0 Å². The van der Waals surface area contributed by atoms with Gasteiger partial charge in [-0.2, -0.15) is 0 Å². The third-order valence-corrected chi connectivity index (χ3v) is 5.82. The maximum absolute atomic E-state index is 12.4. The maximum Gasteiger partial charge on any atom is 0.335 e. The molecule has 3 aliphatic rings. The molecule has 0 aliphatic heterocycles. The molecule has 0 saturated heterocycles. The third kappa shape index (κ3) is 1.96. The van der Waals surface area contributed by atoms with Gasteiger partial charge in [0.25, 0.3) is 0 Å². The van der Waals surface area contributed by atoms with Crippen LogP contribution in [0.3, 0.4) is 0 Å². The van der Waals surface area contributed by atoms with E-state index < -0.39 is 5.97 Å². The number of anilines is 1. The van der Waals surface area contributed by atoms with Crippen molar-refractivity contribution in [3.05, 3.63) is 28.8 Å². The molecule has 4 unspecified atom stereocenters.